The summed E-state index contributed by atoms with van der Waals surface area (Å²) in [6.45, 7) is 6.08. The Bertz CT molecular complexity index is 196. The van der Waals surface area contributed by atoms with E-state index < -0.39 is 11.7 Å². The number of hydrogen-bond donors (Lipinski definition) is 1. The lowest BCUT2D eigenvalue weighted by Gasteiger charge is -2.20. The van der Waals surface area contributed by atoms with Crippen molar-refractivity contribution in [1.29, 1.82) is 0 Å². The SMILES string of the molecule is CN(C)CC(O)CCC(=O)OC(C)(C)C. The predicted octanol–water partition coefficient (Wildman–Crippen LogP) is 1.03. The van der Waals surface area contributed by atoms with E-state index in [4.69, 9.17) is 4.74 Å². The van der Waals surface area contributed by atoms with Crippen molar-refractivity contribution in [2.75, 3.05) is 20.6 Å². The minimum Gasteiger partial charge on any atom is -0.460 e. The zero-order valence-corrected chi connectivity index (χ0v) is 10.4. The molecule has 0 aliphatic carbocycles. The number of rotatable bonds is 5. The van der Waals surface area contributed by atoms with Crippen LogP contribution in [-0.2, 0) is 9.53 Å². The fourth-order valence-corrected chi connectivity index (χ4v) is 1.19. The second-order valence-electron chi connectivity index (χ2n) is 5.04. The third-order valence-electron chi connectivity index (χ3n) is 1.68. The van der Waals surface area contributed by atoms with Crippen molar-refractivity contribution in [2.24, 2.45) is 0 Å². The minimum absolute atomic E-state index is 0.250. The zero-order valence-electron chi connectivity index (χ0n) is 10.4. The average molecular weight is 217 g/mol. The van der Waals surface area contributed by atoms with E-state index in [1.54, 1.807) is 0 Å². The maximum Gasteiger partial charge on any atom is 0.306 e. The van der Waals surface area contributed by atoms with Crippen LogP contribution in [0.15, 0.2) is 0 Å². The molecule has 0 aliphatic rings. The monoisotopic (exact) mass is 217 g/mol. The van der Waals surface area contributed by atoms with Gasteiger partial charge in [-0.05, 0) is 41.3 Å². The van der Waals surface area contributed by atoms with E-state index in [0.717, 1.165) is 0 Å². The van der Waals surface area contributed by atoms with E-state index in [0.29, 0.717) is 13.0 Å². The van der Waals surface area contributed by atoms with Crippen LogP contribution in [0.4, 0.5) is 0 Å². The summed E-state index contributed by atoms with van der Waals surface area (Å²) in [5.74, 6) is -0.250. The van der Waals surface area contributed by atoms with Crippen molar-refractivity contribution in [3.63, 3.8) is 0 Å². The molecule has 4 heteroatoms. The third kappa shape index (κ3) is 9.69. The number of hydrogen-bond acceptors (Lipinski definition) is 4. The van der Waals surface area contributed by atoms with E-state index >= 15 is 0 Å². The molecule has 1 unspecified atom stereocenters. The van der Waals surface area contributed by atoms with Crippen LogP contribution < -0.4 is 0 Å². The summed E-state index contributed by atoms with van der Waals surface area (Å²) in [6.07, 6.45) is 0.256. The Labute approximate surface area is 92.2 Å². The largest absolute Gasteiger partial charge is 0.460 e. The molecule has 0 heterocycles. The molecule has 0 aromatic rings. The summed E-state index contributed by atoms with van der Waals surface area (Å²) in [5.41, 5.74) is -0.441. The van der Waals surface area contributed by atoms with Crippen LogP contribution >= 0.6 is 0 Å². The quantitative estimate of drug-likeness (QED) is 0.699. The summed E-state index contributed by atoms with van der Waals surface area (Å²) < 4.78 is 5.13. The molecule has 1 atom stereocenters. The van der Waals surface area contributed by atoms with Gasteiger partial charge in [0.2, 0.25) is 0 Å². The Balaban J connectivity index is 3.72. The molecule has 0 radical (unpaired) electrons. The molecule has 0 aliphatic heterocycles. The lowest BCUT2D eigenvalue weighted by Crippen LogP contribution is -2.28. The Morgan fingerprint density at radius 3 is 2.33 bits per heavy atom. The van der Waals surface area contributed by atoms with Gasteiger partial charge in [0, 0.05) is 13.0 Å². The van der Waals surface area contributed by atoms with E-state index in [2.05, 4.69) is 0 Å². The number of carbonyl (C=O) groups excluding carboxylic acids is 1. The summed E-state index contributed by atoms with van der Waals surface area (Å²) in [4.78, 5) is 13.2. The van der Waals surface area contributed by atoms with Crippen LogP contribution in [0, 0.1) is 0 Å². The van der Waals surface area contributed by atoms with Gasteiger partial charge in [0.05, 0.1) is 6.10 Å². The average Bonchev–Trinajstić information content (AvgIpc) is 1.96. The van der Waals surface area contributed by atoms with Gasteiger partial charge in [-0.3, -0.25) is 4.79 Å². The molecule has 0 aromatic heterocycles. The van der Waals surface area contributed by atoms with Crippen molar-refractivity contribution in [3.05, 3.63) is 0 Å². The second-order valence-corrected chi connectivity index (χ2v) is 5.04. The molecule has 0 fully saturated rings. The normalized spacial score (nSPS) is 14.1. The highest BCUT2D eigenvalue weighted by atomic mass is 16.6. The highest BCUT2D eigenvalue weighted by molar-refractivity contribution is 5.69. The highest BCUT2D eigenvalue weighted by Gasteiger charge is 2.17. The summed E-state index contributed by atoms with van der Waals surface area (Å²) in [7, 11) is 3.77. The topological polar surface area (TPSA) is 49.8 Å². The second kappa shape index (κ2) is 6.08. The van der Waals surface area contributed by atoms with Crippen molar-refractivity contribution in [1.82, 2.24) is 4.90 Å². The molecule has 15 heavy (non-hydrogen) atoms. The van der Waals surface area contributed by atoms with Gasteiger partial charge in [-0.15, -0.1) is 0 Å². The number of esters is 1. The van der Waals surface area contributed by atoms with Crippen LogP contribution in [-0.4, -0.2) is 48.3 Å². The van der Waals surface area contributed by atoms with Crippen LogP contribution in [0.5, 0.6) is 0 Å². The number of nitrogens with zero attached hydrogens (tertiary/aromatic N) is 1. The Hall–Kier alpha value is -0.610. The first-order valence-corrected chi connectivity index (χ1v) is 5.25. The Kier molecular flexibility index (Phi) is 5.83. The third-order valence-corrected chi connectivity index (χ3v) is 1.68. The molecule has 0 amide bonds. The number of carbonyl (C=O) groups is 1. The molecule has 0 spiro atoms. The van der Waals surface area contributed by atoms with Gasteiger partial charge in [-0.1, -0.05) is 0 Å². The Morgan fingerprint density at radius 2 is 1.93 bits per heavy atom. The summed E-state index contributed by atoms with van der Waals surface area (Å²) in [5, 5.41) is 9.52. The van der Waals surface area contributed by atoms with Gasteiger partial charge < -0.3 is 14.7 Å². The lowest BCUT2D eigenvalue weighted by atomic mass is 10.1. The number of ether oxygens (including phenoxy) is 1. The standard InChI is InChI=1S/C11H23NO3/c1-11(2,3)15-10(14)7-6-9(13)8-12(4)5/h9,13H,6-8H2,1-5H3. The predicted molar refractivity (Wildman–Crippen MR) is 59.6 cm³/mol. The molecule has 4 nitrogen and oxygen atoms in total. The number of aliphatic hydroxyl groups excluding tert-OH is 1. The van der Waals surface area contributed by atoms with Crippen LogP contribution in [0.3, 0.4) is 0 Å². The maximum atomic E-state index is 11.3. The molecular weight excluding hydrogens is 194 g/mol. The molecule has 0 aromatic carbocycles. The molecule has 0 bridgehead atoms. The van der Waals surface area contributed by atoms with E-state index in [1.807, 2.05) is 39.8 Å². The number of likely N-dealkylation sites (N-methyl/N-ethyl adjacent to an activating group) is 1. The van der Waals surface area contributed by atoms with Crippen LogP contribution in [0.1, 0.15) is 33.6 Å². The number of aliphatic hydroxyl groups is 1. The lowest BCUT2D eigenvalue weighted by molar-refractivity contribution is -0.155. The molecule has 0 rings (SSSR count). The first-order chi connectivity index (χ1) is 6.70. The molecule has 1 N–H and O–H groups in total. The summed E-state index contributed by atoms with van der Waals surface area (Å²) in [6, 6.07) is 0. The first-order valence-electron chi connectivity index (χ1n) is 5.25. The van der Waals surface area contributed by atoms with Crippen molar-refractivity contribution in [3.8, 4) is 0 Å². The molecule has 0 saturated heterocycles. The smallest absolute Gasteiger partial charge is 0.306 e. The zero-order chi connectivity index (χ0) is 12.1. The fraction of sp³-hybridized carbons (Fsp3) is 0.909. The van der Waals surface area contributed by atoms with Gasteiger partial charge in [0.25, 0.3) is 0 Å². The van der Waals surface area contributed by atoms with Gasteiger partial charge in [0.15, 0.2) is 0 Å². The Morgan fingerprint density at radius 1 is 1.40 bits per heavy atom. The van der Waals surface area contributed by atoms with Crippen molar-refractivity contribution >= 4 is 5.97 Å². The summed E-state index contributed by atoms with van der Waals surface area (Å²) >= 11 is 0. The van der Waals surface area contributed by atoms with Gasteiger partial charge in [-0.2, -0.15) is 0 Å². The van der Waals surface area contributed by atoms with Gasteiger partial charge in [-0.25, -0.2) is 0 Å². The molecule has 90 valence electrons. The highest BCUT2D eigenvalue weighted by Crippen LogP contribution is 2.10. The van der Waals surface area contributed by atoms with E-state index in [9.17, 15) is 9.90 Å². The van der Waals surface area contributed by atoms with E-state index in [-0.39, 0.29) is 12.4 Å². The van der Waals surface area contributed by atoms with Crippen LogP contribution in [0.25, 0.3) is 0 Å². The van der Waals surface area contributed by atoms with Gasteiger partial charge in [0.1, 0.15) is 5.60 Å². The van der Waals surface area contributed by atoms with E-state index in [1.165, 1.54) is 0 Å². The van der Waals surface area contributed by atoms with Gasteiger partial charge >= 0.3 is 5.97 Å². The molecular formula is C11H23NO3. The fourth-order valence-electron chi connectivity index (χ4n) is 1.19. The maximum absolute atomic E-state index is 11.3. The first kappa shape index (κ1) is 14.4. The van der Waals surface area contributed by atoms with Crippen molar-refractivity contribution < 1.29 is 14.6 Å². The minimum atomic E-state index is -0.465. The van der Waals surface area contributed by atoms with Crippen LogP contribution in [0.2, 0.25) is 0 Å². The molecule has 0 saturated carbocycles. The van der Waals surface area contributed by atoms with Crippen molar-refractivity contribution in [2.45, 2.75) is 45.3 Å².